The number of carbonyl (C=O) groups excluding carboxylic acids is 1. The van der Waals surface area contributed by atoms with Crippen LogP contribution in [0.3, 0.4) is 0 Å². The van der Waals surface area contributed by atoms with Gasteiger partial charge in [0, 0.05) is 5.54 Å². The van der Waals surface area contributed by atoms with Crippen LogP contribution in [0.2, 0.25) is 0 Å². The van der Waals surface area contributed by atoms with Crippen molar-refractivity contribution in [1.29, 1.82) is 0 Å². The molecule has 0 atom stereocenters. The summed E-state index contributed by atoms with van der Waals surface area (Å²) in [6.07, 6.45) is 0. The molecule has 0 aromatic heterocycles. The SMILES string of the molecule is CCOC(=O)c1ccc(C(C)(C)N)cc1. The summed E-state index contributed by atoms with van der Waals surface area (Å²) in [7, 11) is 0. The van der Waals surface area contributed by atoms with Crippen LogP contribution in [0.5, 0.6) is 0 Å². The minimum atomic E-state index is -0.382. The molecule has 0 aliphatic carbocycles. The molecule has 0 radical (unpaired) electrons. The zero-order chi connectivity index (χ0) is 11.5. The number of rotatable bonds is 3. The predicted molar refractivity (Wildman–Crippen MR) is 59.6 cm³/mol. The third kappa shape index (κ3) is 3.06. The molecule has 3 nitrogen and oxygen atoms in total. The zero-order valence-corrected chi connectivity index (χ0v) is 9.41. The fourth-order valence-corrected chi connectivity index (χ4v) is 1.25. The van der Waals surface area contributed by atoms with Crippen molar-refractivity contribution < 1.29 is 9.53 Å². The monoisotopic (exact) mass is 207 g/mol. The fraction of sp³-hybridized carbons (Fsp3) is 0.417. The second-order valence-electron chi connectivity index (χ2n) is 4.02. The predicted octanol–water partition coefficient (Wildman–Crippen LogP) is 2.06. The van der Waals surface area contributed by atoms with Crippen LogP contribution in [0.4, 0.5) is 0 Å². The number of benzene rings is 1. The number of hydrogen-bond donors (Lipinski definition) is 1. The highest BCUT2D eigenvalue weighted by molar-refractivity contribution is 5.89. The van der Waals surface area contributed by atoms with E-state index in [1.54, 1.807) is 19.1 Å². The quantitative estimate of drug-likeness (QED) is 0.772. The van der Waals surface area contributed by atoms with E-state index >= 15 is 0 Å². The van der Waals surface area contributed by atoms with Crippen molar-refractivity contribution in [2.75, 3.05) is 6.61 Å². The molecule has 0 saturated carbocycles. The molecule has 0 heterocycles. The molecular formula is C12H17NO2. The number of esters is 1. The lowest BCUT2D eigenvalue weighted by molar-refractivity contribution is 0.0526. The van der Waals surface area contributed by atoms with E-state index in [9.17, 15) is 4.79 Å². The average Bonchev–Trinajstić information content (AvgIpc) is 2.17. The number of nitrogens with two attached hydrogens (primary N) is 1. The Hall–Kier alpha value is -1.35. The summed E-state index contributed by atoms with van der Waals surface area (Å²) in [5.74, 6) is -0.293. The first-order valence-electron chi connectivity index (χ1n) is 5.01. The van der Waals surface area contributed by atoms with Crippen LogP contribution in [0.25, 0.3) is 0 Å². The highest BCUT2D eigenvalue weighted by Crippen LogP contribution is 2.17. The fourth-order valence-electron chi connectivity index (χ4n) is 1.25. The standard InChI is InChI=1S/C12H17NO2/c1-4-15-11(14)9-5-7-10(8-6-9)12(2,3)13/h5-8H,4,13H2,1-3H3. The van der Waals surface area contributed by atoms with Crippen molar-refractivity contribution in [3.8, 4) is 0 Å². The summed E-state index contributed by atoms with van der Waals surface area (Å²) in [5, 5.41) is 0. The van der Waals surface area contributed by atoms with Crippen LogP contribution >= 0.6 is 0 Å². The number of carbonyl (C=O) groups is 1. The maximum Gasteiger partial charge on any atom is 0.338 e. The molecule has 0 fully saturated rings. The second kappa shape index (κ2) is 4.45. The number of hydrogen-bond acceptors (Lipinski definition) is 3. The van der Waals surface area contributed by atoms with Crippen LogP contribution in [-0.2, 0) is 10.3 Å². The van der Waals surface area contributed by atoms with Gasteiger partial charge in [-0.15, -0.1) is 0 Å². The Balaban J connectivity index is 2.86. The average molecular weight is 207 g/mol. The van der Waals surface area contributed by atoms with E-state index in [0.29, 0.717) is 12.2 Å². The lowest BCUT2D eigenvalue weighted by Crippen LogP contribution is -2.28. The molecule has 2 N–H and O–H groups in total. The van der Waals surface area contributed by atoms with Crippen molar-refractivity contribution in [2.24, 2.45) is 5.73 Å². The smallest absolute Gasteiger partial charge is 0.338 e. The summed E-state index contributed by atoms with van der Waals surface area (Å²) in [6, 6.07) is 7.18. The minimum Gasteiger partial charge on any atom is -0.462 e. The summed E-state index contributed by atoms with van der Waals surface area (Å²) in [5.41, 5.74) is 7.10. The molecule has 0 amide bonds. The molecule has 1 aromatic rings. The maximum atomic E-state index is 11.4. The molecule has 15 heavy (non-hydrogen) atoms. The molecule has 0 aliphatic rings. The molecule has 3 heteroatoms. The third-order valence-electron chi connectivity index (χ3n) is 2.14. The van der Waals surface area contributed by atoms with Crippen molar-refractivity contribution in [3.05, 3.63) is 35.4 Å². The molecule has 0 spiro atoms. The maximum absolute atomic E-state index is 11.4. The number of ether oxygens (including phenoxy) is 1. The van der Waals surface area contributed by atoms with Gasteiger partial charge in [-0.25, -0.2) is 4.79 Å². The van der Waals surface area contributed by atoms with Gasteiger partial charge in [0.05, 0.1) is 12.2 Å². The van der Waals surface area contributed by atoms with E-state index in [1.165, 1.54) is 0 Å². The highest BCUT2D eigenvalue weighted by atomic mass is 16.5. The van der Waals surface area contributed by atoms with Gasteiger partial charge in [-0.2, -0.15) is 0 Å². The van der Waals surface area contributed by atoms with Gasteiger partial charge < -0.3 is 10.5 Å². The Morgan fingerprint density at radius 3 is 2.27 bits per heavy atom. The first-order chi connectivity index (χ1) is 6.95. The lowest BCUT2D eigenvalue weighted by Gasteiger charge is -2.19. The summed E-state index contributed by atoms with van der Waals surface area (Å²) in [6.45, 7) is 6.02. The minimum absolute atomic E-state index is 0.293. The van der Waals surface area contributed by atoms with E-state index in [2.05, 4.69) is 0 Å². The van der Waals surface area contributed by atoms with E-state index in [-0.39, 0.29) is 11.5 Å². The van der Waals surface area contributed by atoms with E-state index in [0.717, 1.165) is 5.56 Å². The van der Waals surface area contributed by atoms with Gasteiger partial charge in [0.25, 0.3) is 0 Å². The topological polar surface area (TPSA) is 52.3 Å². The first kappa shape index (κ1) is 11.7. The van der Waals surface area contributed by atoms with Gasteiger partial charge in [0.1, 0.15) is 0 Å². The summed E-state index contributed by atoms with van der Waals surface area (Å²) >= 11 is 0. The van der Waals surface area contributed by atoms with Gasteiger partial charge in [-0.3, -0.25) is 0 Å². The molecule has 0 unspecified atom stereocenters. The van der Waals surface area contributed by atoms with Crippen molar-refractivity contribution in [1.82, 2.24) is 0 Å². The van der Waals surface area contributed by atoms with Crippen molar-refractivity contribution >= 4 is 5.97 Å². The second-order valence-corrected chi connectivity index (χ2v) is 4.02. The van der Waals surface area contributed by atoms with Crippen LogP contribution in [0.1, 0.15) is 36.7 Å². The molecule has 0 saturated heterocycles. The van der Waals surface area contributed by atoms with Gasteiger partial charge in [-0.1, -0.05) is 12.1 Å². The van der Waals surface area contributed by atoms with E-state index < -0.39 is 0 Å². The zero-order valence-electron chi connectivity index (χ0n) is 9.41. The van der Waals surface area contributed by atoms with E-state index in [1.807, 2.05) is 26.0 Å². The van der Waals surface area contributed by atoms with Crippen molar-refractivity contribution in [2.45, 2.75) is 26.3 Å². The van der Waals surface area contributed by atoms with Gasteiger partial charge in [0.15, 0.2) is 0 Å². The lowest BCUT2D eigenvalue weighted by atomic mass is 9.95. The van der Waals surface area contributed by atoms with E-state index in [4.69, 9.17) is 10.5 Å². The normalized spacial score (nSPS) is 11.2. The summed E-state index contributed by atoms with van der Waals surface area (Å²) < 4.78 is 4.88. The first-order valence-corrected chi connectivity index (χ1v) is 5.01. The van der Waals surface area contributed by atoms with Gasteiger partial charge >= 0.3 is 5.97 Å². The van der Waals surface area contributed by atoms with Gasteiger partial charge in [-0.05, 0) is 38.5 Å². The van der Waals surface area contributed by atoms with Gasteiger partial charge in [0.2, 0.25) is 0 Å². The molecular weight excluding hydrogens is 190 g/mol. The molecule has 0 bridgehead atoms. The highest BCUT2D eigenvalue weighted by Gasteiger charge is 2.14. The van der Waals surface area contributed by atoms with Crippen LogP contribution in [-0.4, -0.2) is 12.6 Å². The Morgan fingerprint density at radius 1 is 1.33 bits per heavy atom. The summed E-state index contributed by atoms with van der Waals surface area (Å²) in [4.78, 5) is 11.4. The Bertz CT molecular complexity index is 336. The van der Waals surface area contributed by atoms with Crippen LogP contribution in [0, 0.1) is 0 Å². The van der Waals surface area contributed by atoms with Crippen molar-refractivity contribution in [3.63, 3.8) is 0 Å². The third-order valence-corrected chi connectivity index (χ3v) is 2.14. The Morgan fingerprint density at radius 2 is 1.87 bits per heavy atom. The molecule has 1 aromatic carbocycles. The molecule has 82 valence electrons. The molecule has 1 rings (SSSR count). The Kier molecular flexibility index (Phi) is 3.48. The Labute approximate surface area is 90.2 Å². The van der Waals surface area contributed by atoms with Crippen LogP contribution in [0.15, 0.2) is 24.3 Å². The molecule has 0 aliphatic heterocycles. The largest absolute Gasteiger partial charge is 0.462 e. The van der Waals surface area contributed by atoms with Crippen LogP contribution < -0.4 is 5.73 Å².